The molecule has 0 aromatic heterocycles. The molecule has 0 spiro atoms. The van der Waals surface area contributed by atoms with Gasteiger partial charge in [-0.2, -0.15) is 0 Å². The molecule has 5 nitrogen and oxygen atoms in total. The van der Waals surface area contributed by atoms with Gasteiger partial charge in [0.1, 0.15) is 6.61 Å². The van der Waals surface area contributed by atoms with E-state index < -0.39 is 6.10 Å². The van der Waals surface area contributed by atoms with Crippen molar-refractivity contribution in [1.82, 2.24) is 0 Å². The molecule has 0 rings (SSSR count). The van der Waals surface area contributed by atoms with Gasteiger partial charge in [0.25, 0.3) is 0 Å². The van der Waals surface area contributed by atoms with E-state index in [9.17, 15) is 14.7 Å². The summed E-state index contributed by atoms with van der Waals surface area (Å²) in [5.74, 6) is -0.578. The highest BCUT2D eigenvalue weighted by Gasteiger charge is 2.16. The molecule has 0 saturated heterocycles. The smallest absolute Gasteiger partial charge is 0.306 e. The lowest BCUT2D eigenvalue weighted by Gasteiger charge is -2.15. The van der Waals surface area contributed by atoms with E-state index in [4.69, 9.17) is 9.47 Å². The van der Waals surface area contributed by atoms with Crippen LogP contribution in [0.4, 0.5) is 0 Å². The molecule has 0 fully saturated rings. The van der Waals surface area contributed by atoms with E-state index in [1.54, 1.807) is 0 Å². The van der Waals surface area contributed by atoms with Crippen molar-refractivity contribution in [2.45, 2.75) is 341 Å². The van der Waals surface area contributed by atoms with E-state index in [1.807, 2.05) is 0 Å². The van der Waals surface area contributed by atoms with Crippen LogP contribution >= 0.6 is 0 Å². The molecule has 1 atom stereocenters. The molecule has 0 saturated carbocycles. The largest absolute Gasteiger partial charge is 0.462 e. The SMILES string of the molecule is CC/C=C\C/C=C\C/C=C\C/C=C\C/C=C\C/C=C\CCCCCCCCCCCCCCCCC(=O)OC(CO)COC(=O)CCCCCCCCCCCCCCCCCCC/C=C\CCCCCCCCCC. The van der Waals surface area contributed by atoms with Crippen molar-refractivity contribution in [3.63, 3.8) is 0 Å². The molecule has 0 aromatic rings. The zero-order chi connectivity index (χ0) is 54.8. The van der Waals surface area contributed by atoms with E-state index in [1.165, 1.54) is 231 Å². The molecule has 0 amide bonds. The number of allylic oxidation sites excluding steroid dienone is 14. The Bertz CT molecular complexity index is 1380. The fourth-order valence-electron chi connectivity index (χ4n) is 9.73. The van der Waals surface area contributed by atoms with E-state index >= 15 is 0 Å². The second-order valence-electron chi connectivity index (χ2n) is 22.2. The molecule has 1 unspecified atom stereocenters. The lowest BCUT2D eigenvalue weighted by atomic mass is 10.0. The van der Waals surface area contributed by atoms with Gasteiger partial charge in [-0.3, -0.25) is 9.59 Å². The van der Waals surface area contributed by atoms with Crippen LogP contribution in [0, 0.1) is 0 Å². The summed E-state index contributed by atoms with van der Waals surface area (Å²) < 4.78 is 10.8. The van der Waals surface area contributed by atoms with Crippen molar-refractivity contribution in [1.29, 1.82) is 0 Å². The minimum absolute atomic E-state index is 0.0649. The van der Waals surface area contributed by atoms with Gasteiger partial charge in [-0.1, -0.05) is 317 Å². The first-order chi connectivity index (χ1) is 37.6. The van der Waals surface area contributed by atoms with Crippen LogP contribution in [0.25, 0.3) is 0 Å². The van der Waals surface area contributed by atoms with Crippen LogP contribution in [0.1, 0.15) is 335 Å². The first-order valence-electron chi connectivity index (χ1n) is 33.1. The van der Waals surface area contributed by atoms with Gasteiger partial charge in [0, 0.05) is 12.8 Å². The standard InChI is InChI=1S/C71H126O5/c1-3-5-7-9-11-13-15-17-19-21-23-25-27-29-31-33-34-35-36-38-40-42-44-46-48-50-52-54-56-58-60-62-64-66-71(74)76-69(67-72)68-75-70(73)65-63-61-59-57-55-53-51-49-47-45-43-41-39-37-32-30-28-26-24-22-20-18-16-14-12-10-8-6-4-2/h5,7,11,13,17,19,22-25,29,31,34-35,69,72H,3-4,6,8-10,12,14-16,18,20-21,26-28,30,32-33,36-68H2,1-2H3/b7-5-,13-11-,19-17-,24-22-,25-23-,31-29-,35-34-. The number of ether oxygens (including phenoxy) is 2. The number of rotatable bonds is 61. The van der Waals surface area contributed by atoms with Gasteiger partial charge in [-0.25, -0.2) is 0 Å². The summed E-state index contributed by atoms with van der Waals surface area (Å²) in [6.07, 6.45) is 93.1. The third kappa shape index (κ3) is 63.6. The normalized spacial score (nSPS) is 12.7. The number of aliphatic hydroxyl groups is 1. The number of carbonyl (C=O) groups excluding carboxylic acids is 2. The zero-order valence-corrected chi connectivity index (χ0v) is 50.5. The second kappa shape index (κ2) is 66.4. The van der Waals surface area contributed by atoms with Crippen LogP contribution in [-0.4, -0.2) is 36.4 Å². The van der Waals surface area contributed by atoms with E-state index in [2.05, 4.69) is 98.9 Å². The van der Waals surface area contributed by atoms with Crippen molar-refractivity contribution in [2.75, 3.05) is 13.2 Å². The molecule has 1 N–H and O–H groups in total. The van der Waals surface area contributed by atoms with Crippen LogP contribution in [0.2, 0.25) is 0 Å². The summed E-state index contributed by atoms with van der Waals surface area (Å²) >= 11 is 0. The van der Waals surface area contributed by atoms with E-state index in [0.717, 1.165) is 77.0 Å². The molecule has 0 radical (unpaired) electrons. The summed E-state index contributed by atoms with van der Waals surface area (Å²) in [5.41, 5.74) is 0. The summed E-state index contributed by atoms with van der Waals surface area (Å²) in [6.45, 7) is 4.06. The van der Waals surface area contributed by atoms with Crippen LogP contribution < -0.4 is 0 Å². The number of hydrogen-bond donors (Lipinski definition) is 1. The van der Waals surface area contributed by atoms with Gasteiger partial charge < -0.3 is 14.6 Å². The Morgan fingerprint density at radius 3 is 0.868 bits per heavy atom. The molecule has 0 aliphatic heterocycles. The molecule has 0 aromatic carbocycles. The van der Waals surface area contributed by atoms with Crippen molar-refractivity contribution in [3.05, 3.63) is 85.1 Å². The van der Waals surface area contributed by atoms with Crippen LogP contribution in [0.5, 0.6) is 0 Å². The van der Waals surface area contributed by atoms with Gasteiger partial charge in [0.15, 0.2) is 6.10 Å². The molecule has 5 heteroatoms. The van der Waals surface area contributed by atoms with Gasteiger partial charge >= 0.3 is 11.9 Å². The molecule has 440 valence electrons. The maximum Gasteiger partial charge on any atom is 0.306 e. The minimum atomic E-state index is -0.776. The first-order valence-corrected chi connectivity index (χ1v) is 33.1. The summed E-state index contributed by atoms with van der Waals surface area (Å²) in [4.78, 5) is 24.6. The molecule has 76 heavy (non-hydrogen) atoms. The van der Waals surface area contributed by atoms with Crippen molar-refractivity contribution in [2.24, 2.45) is 0 Å². The van der Waals surface area contributed by atoms with Gasteiger partial charge in [0.2, 0.25) is 0 Å². The van der Waals surface area contributed by atoms with Crippen molar-refractivity contribution >= 4 is 11.9 Å². The van der Waals surface area contributed by atoms with Crippen molar-refractivity contribution in [3.8, 4) is 0 Å². The number of carbonyl (C=O) groups is 2. The highest BCUT2D eigenvalue weighted by molar-refractivity contribution is 5.70. The molecular weight excluding hydrogens is 933 g/mol. The molecule has 0 bridgehead atoms. The lowest BCUT2D eigenvalue weighted by Crippen LogP contribution is -2.28. The van der Waals surface area contributed by atoms with Crippen LogP contribution in [0.15, 0.2) is 85.1 Å². The van der Waals surface area contributed by atoms with Gasteiger partial charge in [-0.05, 0) is 89.9 Å². The van der Waals surface area contributed by atoms with Crippen molar-refractivity contribution < 1.29 is 24.2 Å². The third-order valence-corrected chi connectivity index (χ3v) is 14.7. The number of hydrogen-bond acceptors (Lipinski definition) is 5. The maximum atomic E-state index is 12.4. The second-order valence-corrected chi connectivity index (χ2v) is 22.2. The summed E-state index contributed by atoms with van der Waals surface area (Å²) in [6, 6.07) is 0. The van der Waals surface area contributed by atoms with Gasteiger partial charge in [0.05, 0.1) is 6.61 Å². The Hall–Kier alpha value is -2.92. The average Bonchev–Trinajstić information content (AvgIpc) is 3.42. The number of esters is 2. The Morgan fingerprint density at radius 1 is 0.316 bits per heavy atom. The average molecular weight is 1060 g/mol. The monoisotopic (exact) mass is 1060 g/mol. The fourth-order valence-corrected chi connectivity index (χ4v) is 9.73. The van der Waals surface area contributed by atoms with Crippen LogP contribution in [0.3, 0.4) is 0 Å². The maximum absolute atomic E-state index is 12.4. The highest BCUT2D eigenvalue weighted by Crippen LogP contribution is 2.18. The van der Waals surface area contributed by atoms with E-state index in [0.29, 0.717) is 12.8 Å². The quantitative estimate of drug-likeness (QED) is 0.0373. The Labute approximate surface area is 473 Å². The number of unbranched alkanes of at least 4 members (excludes halogenated alkanes) is 39. The predicted octanol–water partition coefficient (Wildman–Crippen LogP) is 22.9. The topological polar surface area (TPSA) is 72.8 Å². The Kier molecular flexibility index (Phi) is 63.8. The Morgan fingerprint density at radius 2 is 0.566 bits per heavy atom. The first kappa shape index (κ1) is 73.1. The van der Waals surface area contributed by atoms with Gasteiger partial charge in [-0.15, -0.1) is 0 Å². The molecular formula is C71H126O5. The number of aliphatic hydroxyl groups excluding tert-OH is 1. The molecule has 0 aliphatic carbocycles. The fraction of sp³-hybridized carbons (Fsp3) is 0.775. The molecule has 0 aliphatic rings. The third-order valence-electron chi connectivity index (χ3n) is 14.7. The summed E-state index contributed by atoms with van der Waals surface area (Å²) in [7, 11) is 0. The highest BCUT2D eigenvalue weighted by atomic mass is 16.6. The molecule has 0 heterocycles. The summed E-state index contributed by atoms with van der Waals surface area (Å²) in [5, 5.41) is 9.69. The Balaban J connectivity index is 3.45. The lowest BCUT2D eigenvalue weighted by molar-refractivity contribution is -0.161. The zero-order valence-electron chi connectivity index (χ0n) is 50.5. The van der Waals surface area contributed by atoms with Crippen LogP contribution in [-0.2, 0) is 19.1 Å². The minimum Gasteiger partial charge on any atom is -0.462 e. The van der Waals surface area contributed by atoms with E-state index in [-0.39, 0.29) is 25.2 Å². The predicted molar refractivity (Wildman–Crippen MR) is 334 cm³/mol.